The molecule has 3 heterocycles. The number of rotatable bonds is 7. The number of aliphatic hydroxyl groups is 1. The summed E-state index contributed by atoms with van der Waals surface area (Å²) >= 11 is 2.65. The van der Waals surface area contributed by atoms with Crippen molar-refractivity contribution in [2.75, 3.05) is 25.2 Å². The van der Waals surface area contributed by atoms with E-state index in [1.54, 1.807) is 30.3 Å². The minimum absolute atomic E-state index is 0.132. The molecular formula is C34H25N3O7S2. The van der Waals surface area contributed by atoms with E-state index in [9.17, 15) is 19.5 Å². The van der Waals surface area contributed by atoms with Crippen LogP contribution in [0.1, 0.15) is 33.1 Å². The van der Waals surface area contributed by atoms with E-state index < -0.39 is 23.7 Å². The zero-order chi connectivity index (χ0) is 31.8. The van der Waals surface area contributed by atoms with Crippen molar-refractivity contribution in [3.05, 3.63) is 113 Å². The minimum atomic E-state index is -1.05. The fourth-order valence-electron chi connectivity index (χ4n) is 5.53. The van der Waals surface area contributed by atoms with Gasteiger partial charge in [-0.1, -0.05) is 77.7 Å². The van der Waals surface area contributed by atoms with Gasteiger partial charge in [-0.15, -0.1) is 10.2 Å². The number of carbonyl (C=O) groups is 3. The van der Waals surface area contributed by atoms with Gasteiger partial charge in [0, 0.05) is 11.3 Å². The molecule has 0 spiro atoms. The highest BCUT2D eigenvalue weighted by molar-refractivity contribution is 8.00. The van der Waals surface area contributed by atoms with E-state index in [1.165, 1.54) is 47.2 Å². The summed E-state index contributed by atoms with van der Waals surface area (Å²) in [5.41, 5.74) is 2.05. The molecule has 12 heteroatoms. The van der Waals surface area contributed by atoms with Crippen molar-refractivity contribution < 1.29 is 33.7 Å². The number of aliphatic hydroxyl groups excluding tert-OH is 1. The maximum Gasteiger partial charge on any atom is 0.337 e. The van der Waals surface area contributed by atoms with Crippen LogP contribution < -0.4 is 14.4 Å². The number of hydrogen-bond acceptors (Lipinski definition) is 11. The number of ketones is 1. The third kappa shape index (κ3) is 5.35. The van der Waals surface area contributed by atoms with Crippen LogP contribution in [0.15, 0.2) is 94.8 Å². The van der Waals surface area contributed by atoms with Crippen LogP contribution in [0.3, 0.4) is 0 Å². The molecule has 1 amide bonds. The monoisotopic (exact) mass is 651 g/mol. The predicted octanol–water partition coefficient (Wildman–Crippen LogP) is 6.17. The van der Waals surface area contributed by atoms with Crippen molar-refractivity contribution in [2.45, 2.75) is 16.1 Å². The molecule has 1 fully saturated rings. The fraction of sp³-hybridized carbons (Fsp3) is 0.147. The number of nitrogens with zero attached hydrogens (tertiary/aromatic N) is 3. The van der Waals surface area contributed by atoms with Crippen LogP contribution >= 0.6 is 23.1 Å². The highest BCUT2D eigenvalue weighted by Crippen LogP contribution is 2.45. The molecule has 0 bridgehead atoms. The number of thioether (sulfide) groups is 1. The molecule has 1 saturated heterocycles. The second-order valence-electron chi connectivity index (χ2n) is 10.4. The van der Waals surface area contributed by atoms with Gasteiger partial charge in [-0.25, -0.2) is 4.79 Å². The minimum Gasteiger partial charge on any atom is -0.507 e. The van der Waals surface area contributed by atoms with Gasteiger partial charge in [-0.05, 0) is 52.2 Å². The molecule has 1 N–H and O–H groups in total. The molecule has 230 valence electrons. The smallest absolute Gasteiger partial charge is 0.337 e. The summed E-state index contributed by atoms with van der Waals surface area (Å²) in [6, 6.07) is 24.3. The summed E-state index contributed by atoms with van der Waals surface area (Å²) in [5, 5.41) is 22.7. The average molecular weight is 652 g/mol. The number of carbonyl (C=O) groups excluding carboxylic acids is 3. The molecule has 1 atom stereocenters. The number of anilines is 1. The molecule has 1 aromatic heterocycles. The van der Waals surface area contributed by atoms with Crippen LogP contribution in [0.5, 0.6) is 11.5 Å². The largest absolute Gasteiger partial charge is 0.507 e. The molecule has 4 aromatic carbocycles. The second-order valence-corrected chi connectivity index (χ2v) is 12.6. The molecule has 5 aromatic rings. The van der Waals surface area contributed by atoms with Crippen LogP contribution in [-0.4, -0.2) is 53.3 Å². The van der Waals surface area contributed by atoms with Gasteiger partial charge in [0.2, 0.25) is 5.13 Å². The molecule has 2 aliphatic heterocycles. The summed E-state index contributed by atoms with van der Waals surface area (Å²) in [6.45, 7) is 0.737. The highest BCUT2D eigenvalue weighted by Gasteiger charge is 2.48. The number of benzene rings is 4. The van der Waals surface area contributed by atoms with E-state index in [-0.39, 0.29) is 27.6 Å². The number of esters is 1. The van der Waals surface area contributed by atoms with E-state index in [1.807, 2.05) is 18.2 Å². The Kier molecular flexibility index (Phi) is 7.89. The lowest BCUT2D eigenvalue weighted by Crippen LogP contribution is -2.29. The summed E-state index contributed by atoms with van der Waals surface area (Å²) < 4.78 is 16.7. The summed E-state index contributed by atoms with van der Waals surface area (Å²) in [6.07, 6.45) is 0. The average Bonchev–Trinajstić information content (AvgIpc) is 3.67. The van der Waals surface area contributed by atoms with Gasteiger partial charge >= 0.3 is 11.9 Å². The van der Waals surface area contributed by atoms with Crippen molar-refractivity contribution in [2.24, 2.45) is 0 Å². The molecule has 0 saturated carbocycles. The zero-order valence-electron chi connectivity index (χ0n) is 24.3. The van der Waals surface area contributed by atoms with Crippen LogP contribution in [-0.2, 0) is 20.1 Å². The fourth-order valence-corrected chi connectivity index (χ4v) is 7.40. The number of hydrogen-bond donors (Lipinski definition) is 1. The lowest BCUT2D eigenvalue weighted by molar-refractivity contribution is -0.132. The Morgan fingerprint density at radius 1 is 0.957 bits per heavy atom. The van der Waals surface area contributed by atoms with Crippen LogP contribution in [0.25, 0.3) is 16.5 Å². The number of Topliss-reactive ketones (excluding diaryl/α,β-unsaturated/α-hetero) is 1. The maximum atomic E-state index is 13.7. The number of ether oxygens (including phenoxy) is 3. The Balaban J connectivity index is 1.26. The predicted molar refractivity (Wildman–Crippen MR) is 173 cm³/mol. The molecule has 0 aliphatic carbocycles. The molecular weight excluding hydrogens is 627 g/mol. The van der Waals surface area contributed by atoms with Crippen molar-refractivity contribution in [1.82, 2.24) is 10.2 Å². The molecule has 7 rings (SSSR count). The van der Waals surface area contributed by atoms with E-state index in [2.05, 4.69) is 34.5 Å². The lowest BCUT2D eigenvalue weighted by atomic mass is 9.94. The van der Waals surface area contributed by atoms with Crippen LogP contribution in [0.2, 0.25) is 0 Å². The molecule has 10 nitrogen and oxygen atoms in total. The third-order valence-corrected chi connectivity index (χ3v) is 9.85. The third-order valence-electron chi connectivity index (χ3n) is 7.74. The van der Waals surface area contributed by atoms with E-state index in [4.69, 9.17) is 14.2 Å². The molecule has 0 radical (unpaired) electrons. The summed E-state index contributed by atoms with van der Waals surface area (Å²) in [5.74, 6) is -1.10. The number of amides is 1. The van der Waals surface area contributed by atoms with Gasteiger partial charge in [0.25, 0.3) is 5.78 Å². The quantitative estimate of drug-likeness (QED) is 0.0545. The number of aromatic nitrogens is 2. The normalized spacial score (nSPS) is 17.0. The number of methoxy groups -OCH3 is 1. The zero-order valence-corrected chi connectivity index (χ0v) is 26.0. The van der Waals surface area contributed by atoms with Crippen molar-refractivity contribution in [3.63, 3.8) is 0 Å². The van der Waals surface area contributed by atoms with Crippen molar-refractivity contribution in [3.8, 4) is 11.5 Å². The van der Waals surface area contributed by atoms with E-state index in [0.717, 1.165) is 16.3 Å². The van der Waals surface area contributed by atoms with Gasteiger partial charge in [0.15, 0.2) is 15.8 Å². The first-order chi connectivity index (χ1) is 22.4. The van der Waals surface area contributed by atoms with Gasteiger partial charge in [-0.2, -0.15) is 0 Å². The van der Waals surface area contributed by atoms with Crippen molar-refractivity contribution >= 4 is 62.4 Å². The van der Waals surface area contributed by atoms with Crippen LogP contribution in [0, 0.1) is 0 Å². The molecule has 2 aliphatic rings. The lowest BCUT2D eigenvalue weighted by Gasteiger charge is -2.23. The maximum absolute atomic E-state index is 13.7. The van der Waals surface area contributed by atoms with E-state index >= 15 is 0 Å². The Bertz CT molecular complexity index is 2040. The summed E-state index contributed by atoms with van der Waals surface area (Å²) in [7, 11) is 1.28. The Hall–Kier alpha value is -5.20. The van der Waals surface area contributed by atoms with E-state index in [0.29, 0.717) is 40.4 Å². The SMILES string of the molecule is COC(=O)c1ccc(C2/C(=C(/O)c3ccc4c(c3)OCCO4)C(=O)C(=O)N2c2nnc(SCc3cccc4ccccc34)s2)cc1. The first-order valence-electron chi connectivity index (χ1n) is 14.2. The highest BCUT2D eigenvalue weighted by atomic mass is 32.2. The topological polar surface area (TPSA) is 128 Å². The molecule has 1 unspecified atom stereocenters. The van der Waals surface area contributed by atoms with Crippen LogP contribution in [0.4, 0.5) is 5.13 Å². The van der Waals surface area contributed by atoms with Gasteiger partial charge in [0.05, 0.1) is 24.3 Å². The Morgan fingerprint density at radius 2 is 1.70 bits per heavy atom. The standard InChI is InChI=1S/C34H25N3O7S2/c1-42-32(41)21-11-9-20(10-12-21)28-27(29(38)22-13-14-25-26(17-22)44-16-15-43-25)30(39)31(40)37(28)33-35-36-34(46-33)45-18-23-7-4-6-19-5-2-3-8-24(19)23/h2-14,17,28,38H,15-16,18H2,1H3/b29-27-. The number of fused-ring (bicyclic) bond motifs is 2. The van der Waals surface area contributed by atoms with Gasteiger partial charge < -0.3 is 19.3 Å². The Labute approximate surface area is 271 Å². The van der Waals surface area contributed by atoms with Crippen molar-refractivity contribution in [1.29, 1.82) is 0 Å². The molecule has 46 heavy (non-hydrogen) atoms. The summed E-state index contributed by atoms with van der Waals surface area (Å²) in [4.78, 5) is 40.7. The first kappa shape index (κ1) is 29.5. The Morgan fingerprint density at radius 3 is 2.50 bits per heavy atom. The van der Waals surface area contributed by atoms with Gasteiger partial charge in [-0.3, -0.25) is 14.5 Å². The second kappa shape index (κ2) is 12.3. The van der Waals surface area contributed by atoms with Gasteiger partial charge in [0.1, 0.15) is 19.0 Å². The first-order valence-corrected chi connectivity index (χ1v) is 16.1.